The van der Waals surface area contributed by atoms with Gasteiger partial charge in [-0.1, -0.05) is 0 Å². The Hall–Kier alpha value is -1.23. The molecule has 0 aliphatic carbocycles. The van der Waals surface area contributed by atoms with Crippen molar-refractivity contribution >= 4 is 0 Å². The molecule has 0 aromatic carbocycles. The molecule has 1 aromatic heterocycles. The van der Waals surface area contributed by atoms with E-state index in [9.17, 15) is 8.78 Å². The van der Waals surface area contributed by atoms with Gasteiger partial charge in [-0.25, -0.2) is 8.78 Å². The van der Waals surface area contributed by atoms with Crippen LogP contribution in [0.2, 0.25) is 0 Å². The molecule has 0 aliphatic rings. The summed E-state index contributed by atoms with van der Waals surface area (Å²) >= 11 is 0. The lowest BCUT2D eigenvalue weighted by Crippen LogP contribution is -2.45. The van der Waals surface area contributed by atoms with Gasteiger partial charge >= 0.3 is 0 Å². The molecular weight excluding hydrogens is 202 g/mol. The van der Waals surface area contributed by atoms with Crippen molar-refractivity contribution in [2.75, 3.05) is 7.11 Å². The van der Waals surface area contributed by atoms with E-state index in [-0.39, 0.29) is 6.42 Å². The lowest BCUT2D eigenvalue weighted by Gasteiger charge is -2.23. The number of hydrogen-bond acceptors (Lipinski definition) is 3. The zero-order valence-electron chi connectivity index (χ0n) is 8.71. The molecule has 1 atom stereocenters. The molecule has 0 radical (unpaired) electrons. The molecule has 1 heterocycles. The van der Waals surface area contributed by atoms with E-state index in [2.05, 4.69) is 4.98 Å². The first-order valence-corrected chi connectivity index (χ1v) is 4.50. The Balaban J connectivity index is 2.80. The van der Waals surface area contributed by atoms with Crippen LogP contribution in [0.25, 0.3) is 0 Å². The molecule has 84 valence electrons. The molecule has 1 unspecified atom stereocenters. The molecule has 0 saturated heterocycles. The van der Waals surface area contributed by atoms with Gasteiger partial charge in [0, 0.05) is 6.20 Å². The van der Waals surface area contributed by atoms with Crippen LogP contribution >= 0.6 is 0 Å². The van der Waals surface area contributed by atoms with Gasteiger partial charge < -0.3 is 10.5 Å². The van der Waals surface area contributed by atoms with Gasteiger partial charge in [0.2, 0.25) is 0 Å². The van der Waals surface area contributed by atoms with Crippen LogP contribution in [0.5, 0.6) is 5.75 Å². The van der Waals surface area contributed by atoms with Crippen LogP contribution in [0.15, 0.2) is 18.5 Å². The van der Waals surface area contributed by atoms with Crippen molar-refractivity contribution in [2.45, 2.75) is 25.3 Å². The highest BCUT2D eigenvalue weighted by Gasteiger charge is 2.30. The van der Waals surface area contributed by atoms with Crippen LogP contribution in [-0.2, 0) is 6.42 Å². The average molecular weight is 216 g/mol. The van der Waals surface area contributed by atoms with Crippen molar-refractivity contribution in [3.63, 3.8) is 0 Å². The van der Waals surface area contributed by atoms with Gasteiger partial charge in [-0.15, -0.1) is 0 Å². The first kappa shape index (κ1) is 11.8. The monoisotopic (exact) mass is 216 g/mol. The zero-order chi connectivity index (χ0) is 11.5. The average Bonchev–Trinajstić information content (AvgIpc) is 2.17. The van der Waals surface area contributed by atoms with Crippen molar-refractivity contribution in [3.8, 4) is 5.75 Å². The van der Waals surface area contributed by atoms with Crippen molar-refractivity contribution in [1.82, 2.24) is 4.98 Å². The molecule has 1 aromatic rings. The number of hydrogen-bond donors (Lipinski definition) is 1. The quantitative estimate of drug-likeness (QED) is 0.831. The highest BCUT2D eigenvalue weighted by molar-refractivity contribution is 5.24. The molecular formula is C10H14F2N2O. The minimum absolute atomic E-state index is 0.0644. The Labute approximate surface area is 87.3 Å². The molecule has 0 saturated carbocycles. The second-order valence-electron chi connectivity index (χ2n) is 3.72. The zero-order valence-corrected chi connectivity index (χ0v) is 8.71. The van der Waals surface area contributed by atoms with Gasteiger partial charge in [0.15, 0.2) is 0 Å². The van der Waals surface area contributed by atoms with Crippen LogP contribution in [-0.4, -0.2) is 24.1 Å². The Kier molecular flexibility index (Phi) is 3.57. The Bertz CT molecular complexity index is 329. The van der Waals surface area contributed by atoms with Gasteiger partial charge in [-0.2, -0.15) is 0 Å². The van der Waals surface area contributed by atoms with Gasteiger partial charge in [0.1, 0.15) is 5.75 Å². The number of halogens is 2. The summed E-state index contributed by atoms with van der Waals surface area (Å²) in [5, 5.41) is 0. The fourth-order valence-corrected chi connectivity index (χ4v) is 1.19. The molecule has 0 amide bonds. The van der Waals surface area contributed by atoms with Crippen LogP contribution in [0, 0.1) is 0 Å². The highest BCUT2D eigenvalue weighted by atomic mass is 19.3. The second kappa shape index (κ2) is 4.53. The SMILES string of the molecule is COc1cncc(CC(C)(N)C(F)F)c1. The van der Waals surface area contributed by atoms with E-state index in [1.807, 2.05) is 0 Å². The number of pyridine rings is 1. The number of methoxy groups -OCH3 is 1. The maximum atomic E-state index is 12.5. The molecule has 15 heavy (non-hydrogen) atoms. The summed E-state index contributed by atoms with van der Waals surface area (Å²) in [4.78, 5) is 3.87. The Morgan fingerprint density at radius 1 is 1.53 bits per heavy atom. The first-order chi connectivity index (χ1) is 6.95. The molecule has 5 heteroatoms. The maximum absolute atomic E-state index is 12.5. The summed E-state index contributed by atoms with van der Waals surface area (Å²) < 4.78 is 29.9. The number of nitrogens with two attached hydrogens (primary N) is 1. The third-order valence-electron chi connectivity index (χ3n) is 2.09. The number of nitrogens with zero attached hydrogens (tertiary/aromatic N) is 1. The summed E-state index contributed by atoms with van der Waals surface area (Å²) in [5.41, 5.74) is 4.57. The van der Waals surface area contributed by atoms with Gasteiger partial charge in [0.25, 0.3) is 6.43 Å². The summed E-state index contributed by atoms with van der Waals surface area (Å²) in [5.74, 6) is 0.539. The fourth-order valence-electron chi connectivity index (χ4n) is 1.19. The Morgan fingerprint density at radius 3 is 2.73 bits per heavy atom. The van der Waals surface area contributed by atoms with Crippen LogP contribution < -0.4 is 10.5 Å². The number of ether oxygens (including phenoxy) is 1. The van der Waals surface area contributed by atoms with E-state index in [4.69, 9.17) is 10.5 Å². The third-order valence-corrected chi connectivity index (χ3v) is 2.09. The van der Waals surface area contributed by atoms with Crippen LogP contribution in [0.3, 0.4) is 0 Å². The topological polar surface area (TPSA) is 48.1 Å². The van der Waals surface area contributed by atoms with E-state index in [1.165, 1.54) is 26.4 Å². The predicted octanol–water partition coefficient (Wildman–Crippen LogP) is 1.62. The van der Waals surface area contributed by atoms with Crippen molar-refractivity contribution in [1.29, 1.82) is 0 Å². The number of alkyl halides is 2. The minimum Gasteiger partial charge on any atom is -0.495 e. The van der Waals surface area contributed by atoms with E-state index < -0.39 is 12.0 Å². The largest absolute Gasteiger partial charge is 0.495 e. The number of aromatic nitrogens is 1. The molecule has 0 fully saturated rings. The Morgan fingerprint density at radius 2 is 2.20 bits per heavy atom. The van der Waals surface area contributed by atoms with Crippen molar-refractivity contribution in [2.24, 2.45) is 5.73 Å². The maximum Gasteiger partial charge on any atom is 0.256 e. The first-order valence-electron chi connectivity index (χ1n) is 4.50. The highest BCUT2D eigenvalue weighted by Crippen LogP contribution is 2.20. The lowest BCUT2D eigenvalue weighted by atomic mass is 9.95. The van der Waals surface area contributed by atoms with Gasteiger partial charge in [0.05, 0.1) is 18.8 Å². The van der Waals surface area contributed by atoms with Gasteiger partial charge in [-0.3, -0.25) is 4.98 Å². The van der Waals surface area contributed by atoms with Crippen molar-refractivity contribution < 1.29 is 13.5 Å². The van der Waals surface area contributed by atoms with E-state index in [0.29, 0.717) is 11.3 Å². The van der Waals surface area contributed by atoms with Crippen LogP contribution in [0.4, 0.5) is 8.78 Å². The molecule has 0 spiro atoms. The molecule has 0 aliphatic heterocycles. The predicted molar refractivity (Wildman–Crippen MR) is 53.1 cm³/mol. The lowest BCUT2D eigenvalue weighted by molar-refractivity contribution is 0.0638. The van der Waals surface area contributed by atoms with Gasteiger partial charge in [-0.05, 0) is 25.0 Å². The molecule has 3 nitrogen and oxygen atoms in total. The molecule has 2 N–H and O–H groups in total. The smallest absolute Gasteiger partial charge is 0.256 e. The minimum atomic E-state index is -2.57. The summed E-state index contributed by atoms with van der Waals surface area (Å²) in [6, 6.07) is 1.65. The summed E-state index contributed by atoms with van der Waals surface area (Å²) in [6.07, 6.45) is 0.522. The number of rotatable bonds is 4. The van der Waals surface area contributed by atoms with Crippen LogP contribution in [0.1, 0.15) is 12.5 Å². The third kappa shape index (κ3) is 3.13. The molecule has 0 bridgehead atoms. The second-order valence-corrected chi connectivity index (χ2v) is 3.72. The van der Waals surface area contributed by atoms with Crippen molar-refractivity contribution in [3.05, 3.63) is 24.0 Å². The van der Waals surface area contributed by atoms with E-state index >= 15 is 0 Å². The summed E-state index contributed by atoms with van der Waals surface area (Å²) in [6.45, 7) is 1.32. The van der Waals surface area contributed by atoms with E-state index in [1.54, 1.807) is 6.07 Å². The van der Waals surface area contributed by atoms with E-state index in [0.717, 1.165) is 0 Å². The molecule has 1 rings (SSSR count). The standard InChI is InChI=1S/C10H14F2N2O/c1-10(13,9(11)12)4-7-3-8(15-2)6-14-5-7/h3,5-6,9H,4,13H2,1-2H3. The fraction of sp³-hybridized carbons (Fsp3) is 0.500. The normalized spacial score (nSPS) is 15.1. The summed E-state index contributed by atoms with van der Waals surface area (Å²) in [7, 11) is 1.50.